The van der Waals surface area contributed by atoms with E-state index in [-0.39, 0.29) is 0 Å². The van der Waals surface area contributed by atoms with Crippen LogP contribution in [0, 0.1) is 5.92 Å². The van der Waals surface area contributed by atoms with E-state index in [1.807, 2.05) is 19.4 Å². The Morgan fingerprint density at radius 3 is 3.06 bits per heavy atom. The molecule has 1 aromatic heterocycles. The molecule has 96 valence electrons. The van der Waals surface area contributed by atoms with Gasteiger partial charge in [0, 0.05) is 44.6 Å². The lowest BCUT2D eigenvalue weighted by Crippen LogP contribution is -2.43. The van der Waals surface area contributed by atoms with E-state index in [4.69, 9.17) is 10.5 Å². The normalized spacial score (nSPS) is 22.2. The molecule has 1 fully saturated rings. The SMILES string of the molecule is CN(Cc1nccn1C)C(CN)C1CCOC1. The lowest BCUT2D eigenvalue weighted by atomic mass is 9.98. The highest BCUT2D eigenvalue weighted by Crippen LogP contribution is 2.20. The topological polar surface area (TPSA) is 56.3 Å². The van der Waals surface area contributed by atoms with E-state index in [2.05, 4.69) is 21.5 Å². The zero-order chi connectivity index (χ0) is 12.3. The monoisotopic (exact) mass is 238 g/mol. The van der Waals surface area contributed by atoms with Gasteiger partial charge in [0.15, 0.2) is 0 Å². The fourth-order valence-corrected chi connectivity index (χ4v) is 2.48. The minimum atomic E-state index is 0.384. The Bertz CT molecular complexity index is 346. The summed E-state index contributed by atoms with van der Waals surface area (Å²) in [6.45, 7) is 3.22. The van der Waals surface area contributed by atoms with E-state index in [0.29, 0.717) is 18.5 Å². The molecule has 2 N–H and O–H groups in total. The van der Waals surface area contributed by atoms with Crippen LogP contribution in [-0.4, -0.2) is 47.3 Å². The third-order valence-corrected chi connectivity index (χ3v) is 3.63. The van der Waals surface area contributed by atoms with Crippen LogP contribution in [0.25, 0.3) is 0 Å². The zero-order valence-corrected chi connectivity index (χ0v) is 10.7. The van der Waals surface area contributed by atoms with E-state index in [0.717, 1.165) is 32.0 Å². The van der Waals surface area contributed by atoms with Crippen molar-refractivity contribution >= 4 is 0 Å². The van der Waals surface area contributed by atoms with E-state index in [9.17, 15) is 0 Å². The van der Waals surface area contributed by atoms with Crippen molar-refractivity contribution in [1.29, 1.82) is 0 Å². The van der Waals surface area contributed by atoms with Gasteiger partial charge in [-0.05, 0) is 13.5 Å². The second-order valence-electron chi connectivity index (χ2n) is 4.80. The van der Waals surface area contributed by atoms with E-state index in [1.54, 1.807) is 0 Å². The highest BCUT2D eigenvalue weighted by molar-refractivity contribution is 4.92. The van der Waals surface area contributed by atoms with Crippen LogP contribution in [0.1, 0.15) is 12.2 Å². The number of likely N-dealkylation sites (N-methyl/N-ethyl adjacent to an activating group) is 1. The molecule has 0 bridgehead atoms. The average molecular weight is 238 g/mol. The summed E-state index contributed by atoms with van der Waals surface area (Å²) in [5.41, 5.74) is 5.90. The molecule has 2 rings (SSSR count). The molecular weight excluding hydrogens is 216 g/mol. The number of imidazole rings is 1. The first-order chi connectivity index (χ1) is 8.22. The Balaban J connectivity index is 1.97. The largest absolute Gasteiger partial charge is 0.381 e. The van der Waals surface area contributed by atoms with Crippen LogP contribution in [0.5, 0.6) is 0 Å². The Labute approximate surface area is 103 Å². The molecule has 17 heavy (non-hydrogen) atoms. The van der Waals surface area contributed by atoms with Gasteiger partial charge in [-0.2, -0.15) is 0 Å². The van der Waals surface area contributed by atoms with Gasteiger partial charge in [0.1, 0.15) is 5.82 Å². The number of nitrogens with two attached hydrogens (primary N) is 1. The first kappa shape index (κ1) is 12.5. The second kappa shape index (κ2) is 5.62. The summed E-state index contributed by atoms with van der Waals surface area (Å²) < 4.78 is 7.50. The smallest absolute Gasteiger partial charge is 0.122 e. The molecule has 5 heteroatoms. The number of hydrogen-bond donors (Lipinski definition) is 1. The number of ether oxygens (including phenoxy) is 1. The van der Waals surface area contributed by atoms with E-state index >= 15 is 0 Å². The van der Waals surface area contributed by atoms with Crippen LogP contribution in [-0.2, 0) is 18.3 Å². The van der Waals surface area contributed by atoms with Gasteiger partial charge in [-0.3, -0.25) is 4.90 Å². The summed E-state index contributed by atoms with van der Waals surface area (Å²) in [5, 5.41) is 0. The molecule has 1 saturated heterocycles. The Hall–Kier alpha value is -0.910. The van der Waals surface area contributed by atoms with Crippen LogP contribution >= 0.6 is 0 Å². The van der Waals surface area contributed by atoms with Gasteiger partial charge in [0.25, 0.3) is 0 Å². The van der Waals surface area contributed by atoms with Crippen LogP contribution in [0.3, 0.4) is 0 Å². The Morgan fingerprint density at radius 1 is 1.71 bits per heavy atom. The van der Waals surface area contributed by atoms with Gasteiger partial charge >= 0.3 is 0 Å². The van der Waals surface area contributed by atoms with Crippen molar-refractivity contribution in [2.45, 2.75) is 19.0 Å². The van der Waals surface area contributed by atoms with Crippen LogP contribution in [0.15, 0.2) is 12.4 Å². The number of aryl methyl sites for hydroxylation is 1. The maximum absolute atomic E-state index is 5.90. The van der Waals surface area contributed by atoms with Crippen molar-refractivity contribution in [3.05, 3.63) is 18.2 Å². The van der Waals surface area contributed by atoms with Gasteiger partial charge in [-0.1, -0.05) is 0 Å². The van der Waals surface area contributed by atoms with Crippen molar-refractivity contribution in [3.63, 3.8) is 0 Å². The molecule has 1 aromatic rings. The van der Waals surface area contributed by atoms with Gasteiger partial charge in [0.2, 0.25) is 0 Å². The Morgan fingerprint density at radius 2 is 2.53 bits per heavy atom. The molecule has 5 nitrogen and oxygen atoms in total. The molecule has 2 heterocycles. The lowest BCUT2D eigenvalue weighted by Gasteiger charge is -2.30. The number of hydrogen-bond acceptors (Lipinski definition) is 4. The number of nitrogens with zero attached hydrogens (tertiary/aromatic N) is 3. The highest BCUT2D eigenvalue weighted by Gasteiger charge is 2.28. The summed E-state index contributed by atoms with van der Waals surface area (Å²) >= 11 is 0. The lowest BCUT2D eigenvalue weighted by molar-refractivity contribution is 0.134. The fraction of sp³-hybridized carbons (Fsp3) is 0.750. The van der Waals surface area contributed by atoms with Gasteiger partial charge in [-0.25, -0.2) is 4.98 Å². The summed E-state index contributed by atoms with van der Waals surface area (Å²) in [7, 11) is 4.14. The predicted molar refractivity (Wildman–Crippen MR) is 66.4 cm³/mol. The fourth-order valence-electron chi connectivity index (χ4n) is 2.48. The van der Waals surface area contributed by atoms with Crippen LogP contribution in [0.2, 0.25) is 0 Å². The first-order valence-electron chi connectivity index (χ1n) is 6.16. The molecule has 0 aliphatic carbocycles. The molecule has 1 aliphatic rings. The molecule has 0 radical (unpaired) electrons. The third-order valence-electron chi connectivity index (χ3n) is 3.63. The molecule has 0 spiro atoms. The second-order valence-corrected chi connectivity index (χ2v) is 4.80. The van der Waals surface area contributed by atoms with Gasteiger partial charge < -0.3 is 15.0 Å². The van der Waals surface area contributed by atoms with Crippen molar-refractivity contribution in [2.75, 3.05) is 26.8 Å². The molecule has 0 saturated carbocycles. The average Bonchev–Trinajstić information content (AvgIpc) is 2.93. The van der Waals surface area contributed by atoms with Crippen molar-refractivity contribution in [3.8, 4) is 0 Å². The maximum Gasteiger partial charge on any atom is 0.122 e. The van der Waals surface area contributed by atoms with Gasteiger partial charge in [-0.15, -0.1) is 0 Å². The van der Waals surface area contributed by atoms with E-state index in [1.165, 1.54) is 0 Å². The first-order valence-corrected chi connectivity index (χ1v) is 6.16. The van der Waals surface area contributed by atoms with Crippen molar-refractivity contribution in [1.82, 2.24) is 14.5 Å². The third kappa shape index (κ3) is 2.86. The minimum absolute atomic E-state index is 0.384. The van der Waals surface area contributed by atoms with Crippen molar-refractivity contribution in [2.24, 2.45) is 18.7 Å². The summed E-state index contributed by atoms with van der Waals surface area (Å²) in [6, 6.07) is 0.384. The predicted octanol–water partition coefficient (Wildman–Crippen LogP) is 0.216. The minimum Gasteiger partial charge on any atom is -0.381 e. The standard InChI is InChI=1S/C12H22N4O/c1-15-5-4-14-12(15)8-16(2)11(7-13)10-3-6-17-9-10/h4-5,10-11H,3,6-9,13H2,1-2H3. The van der Waals surface area contributed by atoms with Crippen LogP contribution in [0.4, 0.5) is 0 Å². The summed E-state index contributed by atoms with van der Waals surface area (Å²) in [4.78, 5) is 6.64. The molecule has 2 unspecified atom stereocenters. The number of aromatic nitrogens is 2. The summed E-state index contributed by atoms with van der Waals surface area (Å²) in [6.07, 6.45) is 4.92. The van der Waals surface area contributed by atoms with E-state index < -0.39 is 0 Å². The molecule has 2 atom stereocenters. The van der Waals surface area contributed by atoms with Crippen molar-refractivity contribution < 1.29 is 4.74 Å². The highest BCUT2D eigenvalue weighted by atomic mass is 16.5. The van der Waals surface area contributed by atoms with Gasteiger partial charge in [0.05, 0.1) is 13.2 Å². The Kier molecular flexibility index (Phi) is 4.15. The quantitative estimate of drug-likeness (QED) is 0.797. The molecular formula is C12H22N4O. The zero-order valence-electron chi connectivity index (χ0n) is 10.7. The molecule has 0 amide bonds. The molecule has 1 aliphatic heterocycles. The number of rotatable bonds is 5. The summed E-state index contributed by atoms with van der Waals surface area (Å²) in [5.74, 6) is 1.63. The van der Waals surface area contributed by atoms with Crippen LogP contribution < -0.4 is 5.73 Å². The maximum atomic E-state index is 5.90. The molecule has 0 aromatic carbocycles.